The lowest BCUT2D eigenvalue weighted by Crippen LogP contribution is -2.10. The summed E-state index contributed by atoms with van der Waals surface area (Å²) >= 11 is 0. The van der Waals surface area contributed by atoms with Crippen LogP contribution in [-0.4, -0.2) is 27.9 Å². The summed E-state index contributed by atoms with van der Waals surface area (Å²) in [6.45, 7) is 2.90. The third-order valence-corrected chi connectivity index (χ3v) is 2.09. The predicted octanol–water partition coefficient (Wildman–Crippen LogP) is 0.913. The van der Waals surface area contributed by atoms with E-state index in [0.717, 1.165) is 17.3 Å². The SMILES string of the molecule is Cc1ncn(-c2ccc(OCCN)cc2)n1. The van der Waals surface area contributed by atoms with Crippen LogP contribution in [0.1, 0.15) is 5.82 Å². The highest BCUT2D eigenvalue weighted by Crippen LogP contribution is 2.14. The third-order valence-electron chi connectivity index (χ3n) is 2.09. The molecule has 2 N–H and O–H groups in total. The van der Waals surface area contributed by atoms with E-state index in [4.69, 9.17) is 10.5 Å². The lowest BCUT2D eigenvalue weighted by molar-refractivity contribution is 0.328. The molecule has 1 heterocycles. The van der Waals surface area contributed by atoms with Crippen molar-refractivity contribution in [1.82, 2.24) is 14.8 Å². The van der Waals surface area contributed by atoms with E-state index in [2.05, 4.69) is 10.1 Å². The highest BCUT2D eigenvalue weighted by molar-refractivity contribution is 5.36. The molecule has 0 saturated carbocycles. The molecule has 0 aliphatic heterocycles. The second-order valence-electron chi connectivity index (χ2n) is 3.37. The summed E-state index contributed by atoms with van der Waals surface area (Å²) in [5.74, 6) is 1.56. The smallest absolute Gasteiger partial charge is 0.147 e. The molecule has 0 fully saturated rings. The van der Waals surface area contributed by atoms with Crippen LogP contribution in [0.5, 0.6) is 5.75 Å². The van der Waals surface area contributed by atoms with Crippen LogP contribution in [-0.2, 0) is 0 Å². The molecule has 2 rings (SSSR count). The number of ether oxygens (including phenoxy) is 1. The number of benzene rings is 1. The average molecular weight is 218 g/mol. The fourth-order valence-corrected chi connectivity index (χ4v) is 1.34. The van der Waals surface area contributed by atoms with Crippen molar-refractivity contribution in [2.75, 3.05) is 13.2 Å². The molecule has 84 valence electrons. The zero-order valence-corrected chi connectivity index (χ0v) is 9.13. The molecule has 0 spiro atoms. The Morgan fingerprint density at radius 1 is 1.31 bits per heavy atom. The minimum atomic E-state index is 0.518. The molecular weight excluding hydrogens is 204 g/mol. The van der Waals surface area contributed by atoms with Crippen molar-refractivity contribution in [2.24, 2.45) is 5.73 Å². The fraction of sp³-hybridized carbons (Fsp3) is 0.273. The maximum atomic E-state index is 5.38. The zero-order valence-electron chi connectivity index (χ0n) is 9.13. The predicted molar refractivity (Wildman–Crippen MR) is 60.6 cm³/mol. The Labute approximate surface area is 93.9 Å². The van der Waals surface area contributed by atoms with Gasteiger partial charge in [0.25, 0.3) is 0 Å². The highest BCUT2D eigenvalue weighted by atomic mass is 16.5. The Bertz CT molecular complexity index is 449. The summed E-state index contributed by atoms with van der Waals surface area (Å²) in [6, 6.07) is 7.64. The molecule has 5 nitrogen and oxygen atoms in total. The first kappa shape index (κ1) is 10.6. The fourth-order valence-electron chi connectivity index (χ4n) is 1.34. The summed E-state index contributed by atoms with van der Waals surface area (Å²) in [7, 11) is 0. The van der Waals surface area contributed by atoms with Gasteiger partial charge < -0.3 is 10.5 Å². The van der Waals surface area contributed by atoms with Crippen molar-refractivity contribution in [3.63, 3.8) is 0 Å². The van der Waals surface area contributed by atoms with Gasteiger partial charge in [0, 0.05) is 6.54 Å². The van der Waals surface area contributed by atoms with Crippen LogP contribution >= 0.6 is 0 Å². The van der Waals surface area contributed by atoms with Crippen LogP contribution in [0.4, 0.5) is 0 Å². The normalized spacial score (nSPS) is 10.4. The number of aromatic nitrogens is 3. The van der Waals surface area contributed by atoms with Gasteiger partial charge in [-0.1, -0.05) is 0 Å². The van der Waals surface area contributed by atoms with Gasteiger partial charge in [-0.05, 0) is 31.2 Å². The van der Waals surface area contributed by atoms with Gasteiger partial charge in [0.1, 0.15) is 24.5 Å². The van der Waals surface area contributed by atoms with E-state index < -0.39 is 0 Å². The van der Waals surface area contributed by atoms with Crippen molar-refractivity contribution in [3.8, 4) is 11.4 Å². The van der Waals surface area contributed by atoms with E-state index in [1.54, 1.807) is 11.0 Å². The number of rotatable bonds is 4. The first-order chi connectivity index (χ1) is 7.79. The Morgan fingerprint density at radius 3 is 2.62 bits per heavy atom. The molecule has 5 heteroatoms. The van der Waals surface area contributed by atoms with Crippen molar-refractivity contribution in [2.45, 2.75) is 6.92 Å². The van der Waals surface area contributed by atoms with E-state index in [0.29, 0.717) is 13.2 Å². The van der Waals surface area contributed by atoms with Crippen molar-refractivity contribution < 1.29 is 4.74 Å². The van der Waals surface area contributed by atoms with Gasteiger partial charge in [0.05, 0.1) is 5.69 Å². The zero-order chi connectivity index (χ0) is 11.4. The van der Waals surface area contributed by atoms with Gasteiger partial charge in [-0.2, -0.15) is 5.10 Å². The lowest BCUT2D eigenvalue weighted by atomic mass is 10.3. The number of nitrogens with two attached hydrogens (primary N) is 1. The van der Waals surface area contributed by atoms with Gasteiger partial charge in [0.2, 0.25) is 0 Å². The van der Waals surface area contributed by atoms with E-state index in [-0.39, 0.29) is 0 Å². The summed E-state index contributed by atoms with van der Waals surface area (Å²) in [6.07, 6.45) is 1.69. The monoisotopic (exact) mass is 218 g/mol. The van der Waals surface area contributed by atoms with E-state index in [1.807, 2.05) is 31.2 Å². The molecule has 1 aromatic carbocycles. The first-order valence-electron chi connectivity index (χ1n) is 5.11. The average Bonchev–Trinajstić information content (AvgIpc) is 2.74. The van der Waals surface area contributed by atoms with E-state index in [1.165, 1.54) is 0 Å². The minimum Gasteiger partial charge on any atom is -0.492 e. The van der Waals surface area contributed by atoms with Crippen LogP contribution in [0.2, 0.25) is 0 Å². The van der Waals surface area contributed by atoms with Gasteiger partial charge in [0.15, 0.2) is 0 Å². The number of hydrogen-bond donors (Lipinski definition) is 1. The van der Waals surface area contributed by atoms with Crippen LogP contribution in [0.3, 0.4) is 0 Å². The summed E-state index contributed by atoms with van der Waals surface area (Å²) in [5.41, 5.74) is 6.31. The Hall–Kier alpha value is -1.88. The molecule has 0 radical (unpaired) electrons. The Balaban J connectivity index is 2.13. The van der Waals surface area contributed by atoms with Crippen LogP contribution in [0, 0.1) is 6.92 Å². The largest absolute Gasteiger partial charge is 0.492 e. The number of aryl methyl sites for hydroxylation is 1. The lowest BCUT2D eigenvalue weighted by Gasteiger charge is -2.05. The van der Waals surface area contributed by atoms with Crippen LogP contribution < -0.4 is 10.5 Å². The maximum Gasteiger partial charge on any atom is 0.147 e. The van der Waals surface area contributed by atoms with Crippen LogP contribution in [0.15, 0.2) is 30.6 Å². The topological polar surface area (TPSA) is 66.0 Å². The molecular formula is C11H14N4O. The Morgan fingerprint density at radius 2 is 2.06 bits per heavy atom. The van der Waals surface area contributed by atoms with E-state index >= 15 is 0 Å². The molecule has 0 amide bonds. The quantitative estimate of drug-likeness (QED) is 0.828. The summed E-state index contributed by atoms with van der Waals surface area (Å²) in [5, 5.41) is 4.22. The second kappa shape index (κ2) is 4.76. The molecule has 0 saturated heterocycles. The maximum absolute atomic E-state index is 5.38. The molecule has 0 atom stereocenters. The van der Waals surface area contributed by atoms with Gasteiger partial charge >= 0.3 is 0 Å². The summed E-state index contributed by atoms with van der Waals surface area (Å²) in [4.78, 5) is 4.07. The minimum absolute atomic E-state index is 0.518. The standard InChI is InChI=1S/C11H14N4O/c1-9-13-8-15(14-9)10-2-4-11(5-3-10)16-7-6-12/h2-5,8H,6-7,12H2,1H3. The molecule has 0 bridgehead atoms. The first-order valence-corrected chi connectivity index (χ1v) is 5.11. The molecule has 0 unspecified atom stereocenters. The van der Waals surface area contributed by atoms with Gasteiger partial charge in [-0.25, -0.2) is 9.67 Å². The molecule has 2 aromatic rings. The third kappa shape index (κ3) is 2.38. The van der Waals surface area contributed by atoms with Crippen molar-refractivity contribution in [3.05, 3.63) is 36.4 Å². The molecule has 1 aromatic heterocycles. The molecule has 0 aliphatic carbocycles. The van der Waals surface area contributed by atoms with Gasteiger partial charge in [-0.15, -0.1) is 0 Å². The highest BCUT2D eigenvalue weighted by Gasteiger charge is 1.99. The summed E-state index contributed by atoms with van der Waals surface area (Å²) < 4.78 is 7.11. The second-order valence-corrected chi connectivity index (χ2v) is 3.37. The molecule has 16 heavy (non-hydrogen) atoms. The Kier molecular flexibility index (Phi) is 3.16. The molecule has 0 aliphatic rings. The number of nitrogens with zero attached hydrogens (tertiary/aromatic N) is 3. The van der Waals surface area contributed by atoms with Gasteiger partial charge in [-0.3, -0.25) is 0 Å². The number of hydrogen-bond acceptors (Lipinski definition) is 4. The van der Waals surface area contributed by atoms with Crippen molar-refractivity contribution >= 4 is 0 Å². The van der Waals surface area contributed by atoms with Crippen LogP contribution in [0.25, 0.3) is 5.69 Å². The van der Waals surface area contributed by atoms with E-state index in [9.17, 15) is 0 Å². The van der Waals surface area contributed by atoms with Crippen molar-refractivity contribution in [1.29, 1.82) is 0 Å².